The summed E-state index contributed by atoms with van der Waals surface area (Å²) in [7, 11) is 0. The van der Waals surface area contributed by atoms with Crippen LogP contribution in [0.15, 0.2) is 45.4 Å². The molecule has 1 atom stereocenters. The molecule has 0 aliphatic carbocycles. The first kappa shape index (κ1) is 17.3. The van der Waals surface area contributed by atoms with Gasteiger partial charge in [0.2, 0.25) is 5.76 Å². The highest BCUT2D eigenvalue weighted by Crippen LogP contribution is 2.31. The van der Waals surface area contributed by atoms with Crippen LogP contribution in [-0.4, -0.2) is 39.3 Å². The molecule has 3 aromatic rings. The lowest BCUT2D eigenvalue weighted by Crippen LogP contribution is -2.41. The molecule has 27 heavy (non-hydrogen) atoms. The first-order valence-electron chi connectivity index (χ1n) is 8.95. The number of nitrogens with zero attached hydrogens (tertiary/aromatic N) is 4. The lowest BCUT2D eigenvalue weighted by atomic mass is 10.0. The van der Waals surface area contributed by atoms with Gasteiger partial charge in [-0.2, -0.15) is 4.98 Å². The summed E-state index contributed by atoms with van der Waals surface area (Å²) in [6.07, 6.45) is 2.73. The van der Waals surface area contributed by atoms with Gasteiger partial charge in [-0.1, -0.05) is 28.5 Å². The summed E-state index contributed by atoms with van der Waals surface area (Å²) in [5.74, 6) is 1.75. The van der Waals surface area contributed by atoms with Gasteiger partial charge >= 0.3 is 0 Å². The Morgan fingerprint density at radius 1 is 1.22 bits per heavy atom. The van der Waals surface area contributed by atoms with Crippen molar-refractivity contribution in [3.05, 3.63) is 47.9 Å². The zero-order valence-corrected chi connectivity index (χ0v) is 15.0. The van der Waals surface area contributed by atoms with E-state index in [1.165, 1.54) is 0 Å². The van der Waals surface area contributed by atoms with Crippen molar-refractivity contribution in [3.63, 3.8) is 0 Å². The second-order valence-electron chi connectivity index (χ2n) is 6.49. The molecule has 0 spiro atoms. The summed E-state index contributed by atoms with van der Waals surface area (Å²) >= 11 is 0. The Morgan fingerprint density at radius 2 is 2.07 bits per heavy atom. The highest BCUT2D eigenvalue weighted by Gasteiger charge is 2.32. The van der Waals surface area contributed by atoms with Gasteiger partial charge in [-0.15, -0.1) is 0 Å². The maximum Gasteiger partial charge on any atom is 0.296 e. The molecule has 1 aliphatic rings. The molecule has 3 heterocycles. The molecule has 4 rings (SSSR count). The normalized spacial score (nSPS) is 17.1. The van der Waals surface area contributed by atoms with Gasteiger partial charge in [0.15, 0.2) is 12.4 Å². The molecule has 0 bridgehead atoms. The summed E-state index contributed by atoms with van der Waals surface area (Å²) in [5, 5.41) is 7.90. The molecule has 140 valence electrons. The summed E-state index contributed by atoms with van der Waals surface area (Å²) in [5.41, 5.74) is 0.734. The van der Waals surface area contributed by atoms with Crippen molar-refractivity contribution < 1.29 is 18.6 Å². The third-order valence-electron chi connectivity index (χ3n) is 4.51. The van der Waals surface area contributed by atoms with Crippen molar-refractivity contribution in [1.82, 2.24) is 20.2 Å². The van der Waals surface area contributed by atoms with E-state index in [1.807, 2.05) is 37.3 Å². The van der Waals surface area contributed by atoms with Crippen molar-refractivity contribution >= 4 is 5.91 Å². The van der Waals surface area contributed by atoms with Crippen LogP contribution in [0.5, 0.6) is 5.75 Å². The Hall–Kier alpha value is -3.16. The molecule has 0 unspecified atom stereocenters. The fourth-order valence-corrected chi connectivity index (χ4v) is 3.18. The number of aromatic nitrogens is 3. The van der Waals surface area contributed by atoms with Crippen LogP contribution in [0.3, 0.4) is 0 Å². The van der Waals surface area contributed by atoms with E-state index in [4.69, 9.17) is 13.8 Å². The number of rotatable bonds is 5. The third kappa shape index (κ3) is 3.84. The van der Waals surface area contributed by atoms with Crippen LogP contribution in [0.2, 0.25) is 0 Å². The maximum atomic E-state index is 12.7. The summed E-state index contributed by atoms with van der Waals surface area (Å²) in [4.78, 5) is 18.9. The summed E-state index contributed by atoms with van der Waals surface area (Å²) in [6.45, 7) is 2.44. The summed E-state index contributed by atoms with van der Waals surface area (Å²) < 4.78 is 16.1. The van der Waals surface area contributed by atoms with Crippen LogP contribution in [-0.2, 0) is 4.79 Å². The predicted octanol–water partition coefficient (Wildman–Crippen LogP) is 3.17. The fraction of sp³-hybridized carbons (Fsp3) is 0.368. The zero-order valence-electron chi connectivity index (χ0n) is 15.0. The molecule has 0 N–H and O–H groups in total. The van der Waals surface area contributed by atoms with E-state index in [-0.39, 0.29) is 24.4 Å². The Labute approximate surface area is 156 Å². The SMILES string of the molecule is Cc1cc(-c2nc([C@H]3CCCCN3C(=O)COc3ccccc3)no2)on1. The molecule has 2 aromatic heterocycles. The Balaban J connectivity index is 1.47. The predicted molar refractivity (Wildman–Crippen MR) is 94.8 cm³/mol. The lowest BCUT2D eigenvalue weighted by molar-refractivity contribution is -0.137. The highest BCUT2D eigenvalue weighted by atomic mass is 16.5. The quantitative estimate of drug-likeness (QED) is 0.682. The second-order valence-corrected chi connectivity index (χ2v) is 6.49. The maximum absolute atomic E-state index is 12.7. The number of likely N-dealkylation sites (tertiary alicyclic amines) is 1. The number of piperidine rings is 1. The molecule has 1 aliphatic heterocycles. The van der Waals surface area contributed by atoms with E-state index in [2.05, 4.69) is 15.3 Å². The van der Waals surface area contributed by atoms with Gasteiger partial charge < -0.3 is 18.7 Å². The van der Waals surface area contributed by atoms with E-state index in [0.29, 0.717) is 23.9 Å². The number of hydrogen-bond donors (Lipinski definition) is 0. The molecule has 1 saturated heterocycles. The smallest absolute Gasteiger partial charge is 0.296 e. The van der Waals surface area contributed by atoms with Gasteiger partial charge in [0.1, 0.15) is 5.75 Å². The van der Waals surface area contributed by atoms with Crippen LogP contribution in [0.1, 0.15) is 36.8 Å². The average Bonchev–Trinajstić information content (AvgIpc) is 3.36. The van der Waals surface area contributed by atoms with Crippen LogP contribution < -0.4 is 4.74 Å². The number of carbonyl (C=O) groups excluding carboxylic acids is 1. The second kappa shape index (κ2) is 7.61. The molecule has 0 radical (unpaired) electrons. The molecular weight excluding hydrogens is 348 g/mol. The van der Waals surface area contributed by atoms with Gasteiger partial charge in [0, 0.05) is 12.6 Å². The standard InChI is InChI=1S/C19H20N4O4/c1-13-11-16(26-21-13)19-20-18(22-27-19)15-9-5-6-10-23(15)17(24)12-25-14-7-3-2-4-8-14/h2-4,7-8,11,15H,5-6,9-10,12H2,1H3/t15-/m1/s1. The largest absolute Gasteiger partial charge is 0.484 e. The number of amides is 1. The number of para-hydroxylation sites is 1. The third-order valence-corrected chi connectivity index (χ3v) is 4.51. The van der Waals surface area contributed by atoms with E-state index >= 15 is 0 Å². The lowest BCUT2D eigenvalue weighted by Gasteiger charge is -2.33. The van der Waals surface area contributed by atoms with Crippen molar-refractivity contribution in [2.75, 3.05) is 13.2 Å². The minimum absolute atomic E-state index is 0.0213. The topological polar surface area (TPSA) is 94.5 Å². The van der Waals surface area contributed by atoms with Gasteiger partial charge in [-0.3, -0.25) is 4.79 Å². The minimum atomic E-state index is -0.229. The number of carbonyl (C=O) groups is 1. The molecule has 0 saturated carbocycles. The van der Waals surface area contributed by atoms with Crippen LogP contribution in [0.25, 0.3) is 11.7 Å². The van der Waals surface area contributed by atoms with Gasteiger partial charge in [0.05, 0.1) is 11.7 Å². The van der Waals surface area contributed by atoms with Gasteiger partial charge in [0.25, 0.3) is 11.8 Å². The van der Waals surface area contributed by atoms with E-state index in [1.54, 1.807) is 11.0 Å². The highest BCUT2D eigenvalue weighted by molar-refractivity contribution is 5.78. The molecule has 8 heteroatoms. The summed E-state index contributed by atoms with van der Waals surface area (Å²) in [6, 6.07) is 10.8. The van der Waals surface area contributed by atoms with E-state index in [9.17, 15) is 4.79 Å². The number of benzene rings is 1. The van der Waals surface area contributed by atoms with Crippen molar-refractivity contribution in [2.45, 2.75) is 32.2 Å². The first-order chi connectivity index (χ1) is 13.2. The van der Waals surface area contributed by atoms with E-state index < -0.39 is 0 Å². The Morgan fingerprint density at radius 3 is 2.85 bits per heavy atom. The average molecular weight is 368 g/mol. The van der Waals surface area contributed by atoms with Crippen LogP contribution >= 0.6 is 0 Å². The minimum Gasteiger partial charge on any atom is -0.484 e. The van der Waals surface area contributed by atoms with Crippen molar-refractivity contribution in [3.8, 4) is 17.4 Å². The van der Waals surface area contributed by atoms with E-state index in [0.717, 1.165) is 25.0 Å². The molecule has 8 nitrogen and oxygen atoms in total. The molecule has 1 fully saturated rings. The van der Waals surface area contributed by atoms with Crippen molar-refractivity contribution in [2.24, 2.45) is 0 Å². The van der Waals surface area contributed by atoms with Crippen molar-refractivity contribution in [1.29, 1.82) is 0 Å². The monoisotopic (exact) mass is 368 g/mol. The zero-order chi connectivity index (χ0) is 18.6. The van der Waals surface area contributed by atoms with Crippen LogP contribution in [0.4, 0.5) is 0 Å². The Bertz CT molecular complexity index is 905. The van der Waals surface area contributed by atoms with Crippen LogP contribution in [0, 0.1) is 6.92 Å². The molecule has 1 aromatic carbocycles. The number of ether oxygens (including phenoxy) is 1. The van der Waals surface area contributed by atoms with Gasteiger partial charge in [-0.25, -0.2) is 0 Å². The number of hydrogen-bond acceptors (Lipinski definition) is 7. The fourth-order valence-electron chi connectivity index (χ4n) is 3.18. The first-order valence-corrected chi connectivity index (χ1v) is 8.95. The van der Waals surface area contributed by atoms with Gasteiger partial charge in [-0.05, 0) is 38.3 Å². The molecule has 1 amide bonds. The molecular formula is C19H20N4O4. The number of aryl methyl sites for hydroxylation is 1. The Kier molecular flexibility index (Phi) is 4.86.